The van der Waals surface area contributed by atoms with Gasteiger partial charge in [0.25, 0.3) is 0 Å². The monoisotopic (exact) mass is 307 g/mol. The van der Waals surface area contributed by atoms with Crippen LogP contribution in [0.2, 0.25) is 0 Å². The number of halogens is 2. The number of aryl methyl sites for hydroxylation is 1. The molecule has 1 heterocycles. The van der Waals surface area contributed by atoms with E-state index in [0.717, 1.165) is 11.3 Å². The second-order valence-electron chi connectivity index (χ2n) is 4.00. The highest BCUT2D eigenvalue weighted by molar-refractivity contribution is 9.10. The number of hydrogen-bond acceptors (Lipinski definition) is 2. The van der Waals surface area contributed by atoms with Gasteiger partial charge in [-0.25, -0.2) is 4.39 Å². The van der Waals surface area contributed by atoms with Crippen LogP contribution in [0.1, 0.15) is 21.7 Å². The summed E-state index contributed by atoms with van der Waals surface area (Å²) in [5.41, 5.74) is 2.00. The second-order valence-corrected chi connectivity index (χ2v) is 4.85. The van der Waals surface area contributed by atoms with Crippen molar-refractivity contribution >= 4 is 21.7 Å². The summed E-state index contributed by atoms with van der Waals surface area (Å²) in [7, 11) is 0. The molecule has 1 aromatic carbocycles. The van der Waals surface area contributed by atoms with E-state index in [1.807, 2.05) is 13.0 Å². The van der Waals surface area contributed by atoms with E-state index in [0.29, 0.717) is 10.2 Å². The number of hydrogen-bond donors (Lipinski definition) is 0. The fraction of sp³-hybridized carbons (Fsp3) is 0.143. The quantitative estimate of drug-likeness (QED) is 0.809. The molecule has 0 bridgehead atoms. The van der Waals surface area contributed by atoms with Crippen LogP contribution in [0.25, 0.3) is 0 Å². The lowest BCUT2D eigenvalue weighted by Crippen LogP contribution is -2.07. The average molecular weight is 308 g/mol. The van der Waals surface area contributed by atoms with Crippen LogP contribution in [0.4, 0.5) is 4.39 Å². The van der Waals surface area contributed by atoms with Crippen molar-refractivity contribution in [1.29, 1.82) is 0 Å². The van der Waals surface area contributed by atoms with Crippen molar-refractivity contribution in [2.45, 2.75) is 13.3 Å². The van der Waals surface area contributed by atoms with Gasteiger partial charge < -0.3 is 0 Å². The van der Waals surface area contributed by atoms with Crippen molar-refractivity contribution in [3.8, 4) is 0 Å². The number of aromatic nitrogens is 1. The van der Waals surface area contributed by atoms with E-state index in [-0.39, 0.29) is 18.0 Å². The molecular formula is C14H11BrFNO. The molecule has 0 fully saturated rings. The van der Waals surface area contributed by atoms with E-state index < -0.39 is 0 Å². The maximum absolute atomic E-state index is 12.9. The highest BCUT2D eigenvalue weighted by Crippen LogP contribution is 2.19. The highest BCUT2D eigenvalue weighted by atomic mass is 79.9. The van der Waals surface area contributed by atoms with Gasteiger partial charge in [-0.15, -0.1) is 0 Å². The summed E-state index contributed by atoms with van der Waals surface area (Å²) in [4.78, 5) is 16.2. The van der Waals surface area contributed by atoms with E-state index in [4.69, 9.17) is 0 Å². The number of carbonyl (C=O) groups excluding carboxylic acids is 1. The molecule has 1 aromatic heterocycles. The van der Waals surface area contributed by atoms with Gasteiger partial charge in [0.1, 0.15) is 11.5 Å². The zero-order valence-corrected chi connectivity index (χ0v) is 11.4. The lowest BCUT2D eigenvalue weighted by molar-refractivity contribution is 0.0988. The van der Waals surface area contributed by atoms with Gasteiger partial charge in [0, 0.05) is 16.6 Å². The molecule has 0 aliphatic heterocycles. The Kier molecular flexibility index (Phi) is 3.87. The van der Waals surface area contributed by atoms with Gasteiger partial charge in [0.15, 0.2) is 5.78 Å². The molecule has 4 heteroatoms. The largest absolute Gasteiger partial charge is 0.292 e. The summed E-state index contributed by atoms with van der Waals surface area (Å²) in [5, 5.41) is 0. The minimum atomic E-state index is -0.327. The van der Waals surface area contributed by atoms with Crippen LogP contribution in [0.15, 0.2) is 40.9 Å². The molecule has 0 unspecified atom stereocenters. The van der Waals surface area contributed by atoms with Crippen LogP contribution in [-0.2, 0) is 6.42 Å². The van der Waals surface area contributed by atoms with Gasteiger partial charge in [-0.2, -0.15) is 0 Å². The third-order valence-corrected chi connectivity index (χ3v) is 3.28. The van der Waals surface area contributed by atoms with Crippen molar-refractivity contribution in [3.63, 3.8) is 0 Å². The van der Waals surface area contributed by atoms with Crippen LogP contribution >= 0.6 is 15.9 Å². The highest BCUT2D eigenvalue weighted by Gasteiger charge is 2.11. The Balaban J connectivity index is 2.21. The zero-order chi connectivity index (χ0) is 13.1. The number of Topliss-reactive ketones (excluding diaryl/α,β-unsaturated/α-hetero) is 1. The molecule has 2 aromatic rings. The van der Waals surface area contributed by atoms with Gasteiger partial charge in [-0.05, 0) is 36.8 Å². The lowest BCUT2D eigenvalue weighted by atomic mass is 10.1. The predicted molar refractivity (Wildman–Crippen MR) is 71.1 cm³/mol. The molecule has 2 nitrogen and oxygen atoms in total. The molecular weight excluding hydrogens is 297 g/mol. The van der Waals surface area contributed by atoms with Crippen LogP contribution in [0.3, 0.4) is 0 Å². The Hall–Kier alpha value is -1.55. The molecule has 92 valence electrons. The van der Waals surface area contributed by atoms with E-state index in [1.165, 1.54) is 12.1 Å². The zero-order valence-electron chi connectivity index (χ0n) is 9.78. The second kappa shape index (κ2) is 5.40. The van der Waals surface area contributed by atoms with Crippen molar-refractivity contribution in [1.82, 2.24) is 4.98 Å². The Morgan fingerprint density at radius 2 is 2.11 bits per heavy atom. The molecule has 0 saturated heterocycles. The fourth-order valence-electron chi connectivity index (χ4n) is 1.63. The normalized spacial score (nSPS) is 10.4. The number of benzene rings is 1. The fourth-order valence-corrected chi connectivity index (χ4v) is 2.12. The molecule has 0 aliphatic carbocycles. The number of pyridine rings is 1. The first-order valence-electron chi connectivity index (χ1n) is 5.47. The first kappa shape index (κ1) is 12.9. The summed E-state index contributed by atoms with van der Waals surface area (Å²) < 4.78 is 13.5. The molecule has 0 radical (unpaired) electrons. The first-order chi connectivity index (χ1) is 8.56. The van der Waals surface area contributed by atoms with E-state index >= 15 is 0 Å². The summed E-state index contributed by atoms with van der Waals surface area (Å²) >= 11 is 3.25. The Morgan fingerprint density at radius 1 is 1.33 bits per heavy atom. The Morgan fingerprint density at radius 3 is 2.78 bits per heavy atom. The van der Waals surface area contributed by atoms with Crippen molar-refractivity contribution in [2.24, 2.45) is 0 Å². The van der Waals surface area contributed by atoms with Crippen LogP contribution in [-0.4, -0.2) is 10.8 Å². The van der Waals surface area contributed by atoms with Gasteiger partial charge in [0.2, 0.25) is 0 Å². The number of ketones is 1. The minimum Gasteiger partial charge on any atom is -0.292 e. The molecule has 0 spiro atoms. The summed E-state index contributed by atoms with van der Waals surface area (Å²) in [6.45, 7) is 1.84. The smallest absolute Gasteiger partial charge is 0.185 e. The number of nitrogens with zero attached hydrogens (tertiary/aromatic N) is 1. The molecule has 0 N–H and O–H groups in total. The Labute approximate surface area is 113 Å². The Bertz CT molecular complexity index is 598. The molecule has 0 amide bonds. The molecule has 0 atom stereocenters. The predicted octanol–water partition coefficient (Wildman–Crippen LogP) is 3.72. The molecule has 0 saturated carbocycles. The SMILES string of the molecule is Cc1cccc(C(=O)Cc2ccc(F)cc2Br)n1. The lowest BCUT2D eigenvalue weighted by Gasteiger charge is -2.04. The van der Waals surface area contributed by atoms with Crippen LogP contribution < -0.4 is 0 Å². The first-order valence-corrected chi connectivity index (χ1v) is 6.26. The van der Waals surface area contributed by atoms with Crippen molar-refractivity contribution in [2.75, 3.05) is 0 Å². The number of rotatable bonds is 3. The van der Waals surface area contributed by atoms with Crippen molar-refractivity contribution in [3.05, 3.63) is 63.6 Å². The minimum absolute atomic E-state index is 0.0778. The summed E-state index contributed by atoms with van der Waals surface area (Å²) in [6, 6.07) is 9.63. The van der Waals surface area contributed by atoms with Gasteiger partial charge in [-0.1, -0.05) is 28.1 Å². The van der Waals surface area contributed by atoms with E-state index in [9.17, 15) is 9.18 Å². The van der Waals surface area contributed by atoms with Crippen molar-refractivity contribution < 1.29 is 9.18 Å². The van der Waals surface area contributed by atoms with Crippen LogP contribution in [0, 0.1) is 12.7 Å². The topological polar surface area (TPSA) is 30.0 Å². The standard InChI is InChI=1S/C14H11BrFNO/c1-9-3-2-4-13(17-9)14(18)7-10-5-6-11(16)8-12(10)15/h2-6,8H,7H2,1H3. The number of carbonyl (C=O) groups is 1. The summed E-state index contributed by atoms with van der Waals surface area (Å²) in [5.74, 6) is -0.405. The molecule has 0 aliphatic rings. The maximum atomic E-state index is 12.9. The maximum Gasteiger partial charge on any atom is 0.185 e. The van der Waals surface area contributed by atoms with Gasteiger partial charge in [0.05, 0.1) is 0 Å². The van der Waals surface area contributed by atoms with E-state index in [2.05, 4.69) is 20.9 Å². The third kappa shape index (κ3) is 3.01. The molecule has 18 heavy (non-hydrogen) atoms. The summed E-state index contributed by atoms with van der Waals surface area (Å²) in [6.07, 6.45) is 0.206. The van der Waals surface area contributed by atoms with Gasteiger partial charge >= 0.3 is 0 Å². The molecule has 2 rings (SSSR count). The van der Waals surface area contributed by atoms with Crippen LogP contribution in [0.5, 0.6) is 0 Å². The third-order valence-electron chi connectivity index (χ3n) is 2.54. The van der Waals surface area contributed by atoms with E-state index in [1.54, 1.807) is 18.2 Å². The average Bonchev–Trinajstić information content (AvgIpc) is 2.32. The van der Waals surface area contributed by atoms with Gasteiger partial charge in [-0.3, -0.25) is 9.78 Å².